The molecule has 9 rings (SSSR count). The van der Waals surface area contributed by atoms with E-state index in [1.165, 1.54) is 16.7 Å². The molecule has 0 saturated carbocycles. The highest BCUT2D eigenvalue weighted by Gasteiger charge is 2.41. The van der Waals surface area contributed by atoms with Crippen LogP contribution in [0, 0.1) is 0 Å². The van der Waals surface area contributed by atoms with Crippen molar-refractivity contribution in [2.75, 3.05) is 13.1 Å². The third-order valence-electron chi connectivity index (χ3n) is 12.9. The van der Waals surface area contributed by atoms with Crippen LogP contribution in [0.25, 0.3) is 0 Å². The average Bonchev–Trinajstić information content (AvgIpc) is 3.71. The lowest BCUT2D eigenvalue weighted by molar-refractivity contribution is -0.138. The van der Waals surface area contributed by atoms with Gasteiger partial charge in [0.1, 0.15) is 12.1 Å². The third-order valence-corrected chi connectivity index (χ3v) is 12.9. The minimum atomic E-state index is -0.558. The van der Waals surface area contributed by atoms with Gasteiger partial charge in [-0.05, 0) is 117 Å². The SMILES string of the molecule is C.C.CC1CC(c2ccc3c(c2)CN(C2CCC(=O)NC2=O)C3=O)CCN1.CC1CC(c2ccc3c(c2)CN(C2CCC(=O)NC2=O)C3=O)CCN1Cc1ccccc1.Cl. The van der Waals surface area contributed by atoms with Crippen molar-refractivity contribution < 1.29 is 28.8 Å². The van der Waals surface area contributed by atoms with Gasteiger partial charge in [-0.25, -0.2) is 0 Å². The minimum absolute atomic E-state index is 0. The summed E-state index contributed by atoms with van der Waals surface area (Å²) in [4.78, 5) is 78.6. The van der Waals surface area contributed by atoms with Gasteiger partial charge in [0.25, 0.3) is 11.8 Å². The number of nitrogens with one attached hydrogen (secondary N) is 3. The summed E-state index contributed by atoms with van der Waals surface area (Å²) in [5, 5.41) is 8.17. The van der Waals surface area contributed by atoms with Crippen molar-refractivity contribution in [1.29, 1.82) is 0 Å². The number of carbonyl (C=O) groups is 6. The Balaban J connectivity index is 0.000000222. The second kappa shape index (κ2) is 19.6. The van der Waals surface area contributed by atoms with E-state index in [9.17, 15) is 28.8 Å². The molecule has 0 radical (unpaired) electrons. The number of imide groups is 2. The van der Waals surface area contributed by atoms with E-state index in [1.807, 2.05) is 12.1 Å². The van der Waals surface area contributed by atoms with E-state index in [2.05, 4.69) is 89.3 Å². The molecule has 12 nitrogen and oxygen atoms in total. The lowest BCUT2D eigenvalue weighted by atomic mass is 9.84. The van der Waals surface area contributed by atoms with Crippen LogP contribution in [-0.4, -0.2) is 87.4 Å². The zero-order valence-corrected chi connectivity index (χ0v) is 34.0. The zero-order chi connectivity index (χ0) is 39.8. The maximum atomic E-state index is 12.9. The van der Waals surface area contributed by atoms with Crippen LogP contribution in [0.3, 0.4) is 0 Å². The molecule has 6 amide bonds. The number of fused-ring (bicyclic) bond motifs is 2. The van der Waals surface area contributed by atoms with Gasteiger partial charge < -0.3 is 15.1 Å². The highest BCUT2D eigenvalue weighted by atomic mass is 35.5. The number of amides is 6. The molecular weight excluding hydrogens is 780 g/mol. The van der Waals surface area contributed by atoms with E-state index in [4.69, 9.17) is 0 Å². The summed E-state index contributed by atoms with van der Waals surface area (Å²) in [6.45, 7) is 8.45. The molecule has 0 aliphatic carbocycles. The van der Waals surface area contributed by atoms with Gasteiger partial charge in [0.05, 0.1) is 0 Å². The van der Waals surface area contributed by atoms with E-state index < -0.39 is 12.1 Å². The Morgan fingerprint density at radius 1 is 0.633 bits per heavy atom. The molecule has 0 aromatic heterocycles. The summed E-state index contributed by atoms with van der Waals surface area (Å²) < 4.78 is 0. The molecule has 6 unspecified atom stereocenters. The smallest absolute Gasteiger partial charge is 0.255 e. The minimum Gasteiger partial charge on any atom is -0.322 e. The molecule has 4 fully saturated rings. The molecular formula is C47H61ClN6O6. The van der Waals surface area contributed by atoms with E-state index in [-0.39, 0.29) is 75.5 Å². The van der Waals surface area contributed by atoms with Crippen LogP contribution < -0.4 is 16.0 Å². The first-order chi connectivity index (χ1) is 27.5. The van der Waals surface area contributed by atoms with Gasteiger partial charge in [-0.2, -0.15) is 0 Å². The molecule has 6 heterocycles. The molecule has 6 atom stereocenters. The largest absolute Gasteiger partial charge is 0.322 e. The first-order valence-corrected chi connectivity index (χ1v) is 20.6. The molecule has 3 N–H and O–H groups in total. The Bertz CT molecular complexity index is 2090. The van der Waals surface area contributed by atoms with Crippen LogP contribution in [-0.2, 0) is 38.8 Å². The van der Waals surface area contributed by atoms with Gasteiger partial charge in [-0.3, -0.25) is 44.3 Å². The number of hydrogen-bond donors (Lipinski definition) is 3. The van der Waals surface area contributed by atoms with Crippen LogP contribution in [0.15, 0.2) is 66.7 Å². The summed E-state index contributed by atoms with van der Waals surface area (Å²) in [5.74, 6) is -0.449. The van der Waals surface area contributed by atoms with E-state index >= 15 is 0 Å². The molecule has 6 aliphatic heterocycles. The fourth-order valence-corrected chi connectivity index (χ4v) is 9.71. The van der Waals surface area contributed by atoms with E-state index in [1.54, 1.807) is 9.80 Å². The second-order valence-electron chi connectivity index (χ2n) is 16.7. The van der Waals surface area contributed by atoms with E-state index in [0.717, 1.165) is 56.4 Å². The van der Waals surface area contributed by atoms with Crippen LogP contribution in [0.5, 0.6) is 0 Å². The molecule has 322 valence electrons. The number of benzene rings is 3. The first kappa shape index (κ1) is 46.2. The average molecular weight is 841 g/mol. The highest BCUT2D eigenvalue weighted by molar-refractivity contribution is 6.06. The van der Waals surface area contributed by atoms with Crippen LogP contribution in [0.4, 0.5) is 0 Å². The number of rotatable bonds is 6. The highest BCUT2D eigenvalue weighted by Crippen LogP contribution is 2.37. The standard InChI is InChI=1S/C26H29N3O3.C19H23N3O3.2CH4.ClH/c1-17-13-20(11-12-28(17)15-18-5-3-2-4-6-18)19-7-8-22-21(14-19)16-29(26(22)32)23-9-10-24(30)27-25(23)31;1-11-8-13(6-7-20-11)12-2-3-15-14(9-12)10-22(19(15)25)16-4-5-17(23)21-18(16)24;;;/h2-8,14,17,20,23H,9-13,15-16H2,1H3,(H,27,30,31);2-3,9,11,13,16,20H,4-8,10H2,1H3,(H,21,23,24);2*1H4;1H. The number of likely N-dealkylation sites (tertiary alicyclic amines) is 1. The topological polar surface area (TPSA) is 148 Å². The maximum Gasteiger partial charge on any atom is 0.255 e. The van der Waals surface area contributed by atoms with Gasteiger partial charge in [0, 0.05) is 55.7 Å². The van der Waals surface area contributed by atoms with Crippen molar-refractivity contribution in [1.82, 2.24) is 30.7 Å². The molecule has 0 spiro atoms. The fraction of sp³-hybridized carbons (Fsp3) is 0.489. The Morgan fingerprint density at radius 3 is 1.63 bits per heavy atom. The summed E-state index contributed by atoms with van der Waals surface area (Å²) in [6.07, 6.45) is 5.77. The van der Waals surface area contributed by atoms with Crippen molar-refractivity contribution >= 4 is 47.9 Å². The summed E-state index contributed by atoms with van der Waals surface area (Å²) in [7, 11) is 0. The summed E-state index contributed by atoms with van der Waals surface area (Å²) in [5.41, 5.74) is 7.29. The normalized spacial score (nSPS) is 26.3. The van der Waals surface area contributed by atoms with Crippen LogP contribution in [0.1, 0.15) is 140 Å². The molecule has 60 heavy (non-hydrogen) atoms. The lowest BCUT2D eigenvalue weighted by Gasteiger charge is -2.38. The van der Waals surface area contributed by atoms with Gasteiger partial charge in [-0.15, -0.1) is 12.4 Å². The van der Waals surface area contributed by atoms with Crippen molar-refractivity contribution in [2.45, 2.75) is 136 Å². The Hall–Kier alpha value is -4.91. The molecule has 3 aromatic rings. The molecule has 4 saturated heterocycles. The Labute approximate surface area is 360 Å². The maximum absolute atomic E-state index is 12.9. The fourth-order valence-electron chi connectivity index (χ4n) is 9.71. The van der Waals surface area contributed by atoms with Crippen molar-refractivity contribution in [3.05, 3.63) is 106 Å². The van der Waals surface area contributed by atoms with Crippen molar-refractivity contribution in [3.8, 4) is 0 Å². The first-order valence-electron chi connectivity index (χ1n) is 20.6. The quantitative estimate of drug-likeness (QED) is 0.248. The number of piperidine rings is 4. The summed E-state index contributed by atoms with van der Waals surface area (Å²) in [6, 6.07) is 22.8. The zero-order valence-electron chi connectivity index (χ0n) is 33.2. The predicted octanol–water partition coefficient (Wildman–Crippen LogP) is 6.21. The number of carbonyl (C=O) groups excluding carboxylic acids is 6. The van der Waals surface area contributed by atoms with Gasteiger partial charge in [0.15, 0.2) is 0 Å². The third kappa shape index (κ3) is 9.66. The van der Waals surface area contributed by atoms with E-state index in [0.29, 0.717) is 61.0 Å². The van der Waals surface area contributed by atoms with Gasteiger partial charge >= 0.3 is 0 Å². The number of hydrogen-bond acceptors (Lipinski definition) is 8. The van der Waals surface area contributed by atoms with Crippen molar-refractivity contribution in [3.63, 3.8) is 0 Å². The van der Waals surface area contributed by atoms with Gasteiger partial charge in [-0.1, -0.05) is 69.5 Å². The number of halogens is 1. The lowest BCUT2D eigenvalue weighted by Crippen LogP contribution is -2.52. The Morgan fingerprint density at radius 2 is 1.15 bits per heavy atom. The predicted molar refractivity (Wildman–Crippen MR) is 233 cm³/mol. The second-order valence-corrected chi connectivity index (χ2v) is 16.7. The molecule has 3 aromatic carbocycles. The summed E-state index contributed by atoms with van der Waals surface area (Å²) >= 11 is 0. The van der Waals surface area contributed by atoms with Crippen LogP contribution >= 0.6 is 12.4 Å². The Kier molecular flexibility index (Phi) is 15.1. The monoisotopic (exact) mass is 840 g/mol. The van der Waals surface area contributed by atoms with Crippen molar-refractivity contribution in [2.24, 2.45) is 0 Å². The van der Waals surface area contributed by atoms with Crippen LogP contribution in [0.2, 0.25) is 0 Å². The number of nitrogens with zero attached hydrogens (tertiary/aromatic N) is 3. The van der Waals surface area contributed by atoms with Gasteiger partial charge in [0.2, 0.25) is 23.6 Å². The molecule has 0 bridgehead atoms. The molecule has 6 aliphatic rings. The molecule has 13 heteroatoms.